The van der Waals surface area contributed by atoms with Gasteiger partial charge in [-0.1, -0.05) is 0 Å². The molecule has 1 unspecified atom stereocenters. The number of hydrogen-bond donors (Lipinski definition) is 1. The molecule has 1 saturated heterocycles. The van der Waals surface area contributed by atoms with Gasteiger partial charge in [0.2, 0.25) is 5.75 Å². The van der Waals surface area contributed by atoms with Gasteiger partial charge >= 0.3 is 0 Å². The third-order valence-corrected chi connectivity index (χ3v) is 3.41. The molecule has 1 aromatic rings. The number of aromatic nitrogens is 2. The Bertz CT molecular complexity index is 397. The molecule has 0 aromatic carbocycles. The summed E-state index contributed by atoms with van der Waals surface area (Å²) in [5.74, 6) is 2.45. The van der Waals surface area contributed by atoms with Crippen molar-refractivity contribution >= 4 is 11.6 Å². The zero-order valence-electron chi connectivity index (χ0n) is 11.4. The summed E-state index contributed by atoms with van der Waals surface area (Å²) < 4.78 is 5.50. The second-order valence-electron chi connectivity index (χ2n) is 4.65. The molecule has 1 aromatic heterocycles. The molecule has 1 aliphatic rings. The first-order valence-electron chi connectivity index (χ1n) is 6.67. The Morgan fingerprint density at radius 3 is 2.94 bits per heavy atom. The number of nitrogens with zero attached hydrogens (tertiary/aromatic N) is 3. The Kier molecular flexibility index (Phi) is 4.23. The predicted molar refractivity (Wildman–Crippen MR) is 73.4 cm³/mol. The van der Waals surface area contributed by atoms with E-state index >= 15 is 0 Å². The third-order valence-electron chi connectivity index (χ3n) is 3.41. The van der Waals surface area contributed by atoms with Crippen molar-refractivity contribution in [1.82, 2.24) is 9.97 Å². The summed E-state index contributed by atoms with van der Waals surface area (Å²) in [4.78, 5) is 11.0. The summed E-state index contributed by atoms with van der Waals surface area (Å²) in [7, 11) is 1.68. The maximum absolute atomic E-state index is 5.50. The van der Waals surface area contributed by atoms with Crippen LogP contribution in [0.25, 0.3) is 0 Å². The Morgan fingerprint density at radius 1 is 1.44 bits per heavy atom. The van der Waals surface area contributed by atoms with E-state index in [0.717, 1.165) is 30.5 Å². The highest BCUT2D eigenvalue weighted by Crippen LogP contribution is 2.34. The van der Waals surface area contributed by atoms with Gasteiger partial charge in [0.05, 0.1) is 7.11 Å². The van der Waals surface area contributed by atoms with E-state index in [0.29, 0.717) is 6.04 Å². The molecule has 1 fully saturated rings. The summed E-state index contributed by atoms with van der Waals surface area (Å²) in [5.41, 5.74) is 0. The van der Waals surface area contributed by atoms with Crippen molar-refractivity contribution in [3.05, 3.63) is 6.33 Å². The quantitative estimate of drug-likeness (QED) is 0.888. The molecule has 0 bridgehead atoms. The highest BCUT2D eigenvalue weighted by Gasteiger charge is 2.24. The fraction of sp³-hybridized carbons (Fsp3) is 0.692. The highest BCUT2D eigenvalue weighted by molar-refractivity contribution is 5.65. The van der Waals surface area contributed by atoms with Crippen LogP contribution in [0.3, 0.4) is 0 Å². The van der Waals surface area contributed by atoms with Crippen molar-refractivity contribution in [1.29, 1.82) is 0 Å². The van der Waals surface area contributed by atoms with Crippen LogP contribution in [-0.4, -0.2) is 36.2 Å². The largest absolute Gasteiger partial charge is 0.490 e. The van der Waals surface area contributed by atoms with Crippen LogP contribution in [-0.2, 0) is 0 Å². The third kappa shape index (κ3) is 2.49. The maximum Gasteiger partial charge on any atom is 0.204 e. The number of ether oxygens (including phenoxy) is 1. The van der Waals surface area contributed by atoms with E-state index in [1.807, 2.05) is 6.92 Å². The monoisotopic (exact) mass is 250 g/mol. The van der Waals surface area contributed by atoms with Gasteiger partial charge in [-0.3, -0.25) is 0 Å². The lowest BCUT2D eigenvalue weighted by atomic mass is 10.0. The average Bonchev–Trinajstić information content (AvgIpc) is 2.39. The molecule has 5 heteroatoms. The van der Waals surface area contributed by atoms with Crippen molar-refractivity contribution in [2.75, 3.05) is 30.4 Å². The van der Waals surface area contributed by atoms with Crippen molar-refractivity contribution in [2.24, 2.45) is 0 Å². The van der Waals surface area contributed by atoms with Crippen LogP contribution >= 0.6 is 0 Å². The topological polar surface area (TPSA) is 50.3 Å². The van der Waals surface area contributed by atoms with Gasteiger partial charge in [0.1, 0.15) is 6.33 Å². The van der Waals surface area contributed by atoms with Crippen molar-refractivity contribution in [2.45, 2.75) is 39.2 Å². The number of methoxy groups -OCH3 is 1. The molecule has 100 valence electrons. The summed E-state index contributed by atoms with van der Waals surface area (Å²) in [6.45, 7) is 6.15. The average molecular weight is 250 g/mol. The van der Waals surface area contributed by atoms with Crippen molar-refractivity contribution in [3.8, 4) is 5.75 Å². The first-order valence-corrected chi connectivity index (χ1v) is 6.67. The molecule has 1 N–H and O–H groups in total. The standard InChI is InChI=1S/C13H22N4O/c1-4-14-12-11(18-3)13(16-9-15-12)17-8-6-5-7-10(17)2/h9-10H,4-8H2,1-3H3,(H,14,15,16). The molecular formula is C13H22N4O. The highest BCUT2D eigenvalue weighted by atomic mass is 16.5. The van der Waals surface area contributed by atoms with Gasteiger partial charge in [0, 0.05) is 19.1 Å². The first-order chi connectivity index (χ1) is 8.77. The fourth-order valence-corrected chi connectivity index (χ4v) is 2.46. The number of anilines is 2. The maximum atomic E-state index is 5.50. The van der Waals surface area contributed by atoms with E-state index in [-0.39, 0.29) is 0 Å². The lowest BCUT2D eigenvalue weighted by Gasteiger charge is -2.35. The van der Waals surface area contributed by atoms with Crippen LogP contribution in [0.2, 0.25) is 0 Å². The number of nitrogens with one attached hydrogen (secondary N) is 1. The van der Waals surface area contributed by atoms with E-state index in [1.165, 1.54) is 19.3 Å². The zero-order valence-corrected chi connectivity index (χ0v) is 11.4. The molecule has 5 nitrogen and oxygen atoms in total. The molecule has 18 heavy (non-hydrogen) atoms. The molecule has 1 aliphatic heterocycles. The van der Waals surface area contributed by atoms with Crippen molar-refractivity contribution in [3.63, 3.8) is 0 Å². The van der Waals surface area contributed by atoms with E-state index in [2.05, 4.69) is 27.1 Å². The molecule has 0 radical (unpaired) electrons. The number of rotatable bonds is 4. The van der Waals surface area contributed by atoms with Gasteiger partial charge in [0.15, 0.2) is 11.6 Å². The van der Waals surface area contributed by atoms with Gasteiger partial charge in [-0.25, -0.2) is 9.97 Å². The molecule has 2 heterocycles. The van der Waals surface area contributed by atoms with Gasteiger partial charge in [-0.2, -0.15) is 0 Å². The minimum absolute atomic E-state index is 0.511. The van der Waals surface area contributed by atoms with Gasteiger partial charge in [-0.15, -0.1) is 0 Å². The number of hydrogen-bond acceptors (Lipinski definition) is 5. The van der Waals surface area contributed by atoms with Crippen LogP contribution in [0.1, 0.15) is 33.1 Å². The molecule has 0 spiro atoms. The summed E-state index contributed by atoms with van der Waals surface area (Å²) in [6, 6.07) is 0.511. The summed E-state index contributed by atoms with van der Waals surface area (Å²) in [6.07, 6.45) is 5.33. The Morgan fingerprint density at radius 2 is 2.28 bits per heavy atom. The normalized spacial score (nSPS) is 19.7. The zero-order chi connectivity index (χ0) is 13.0. The first kappa shape index (κ1) is 12.9. The van der Waals surface area contributed by atoms with Crippen LogP contribution in [0.4, 0.5) is 11.6 Å². The molecular weight excluding hydrogens is 228 g/mol. The fourth-order valence-electron chi connectivity index (χ4n) is 2.46. The minimum atomic E-state index is 0.511. The van der Waals surface area contributed by atoms with E-state index in [4.69, 9.17) is 4.74 Å². The molecule has 1 atom stereocenters. The number of piperidine rings is 1. The van der Waals surface area contributed by atoms with Crippen LogP contribution in [0.5, 0.6) is 5.75 Å². The summed E-state index contributed by atoms with van der Waals surface area (Å²) in [5, 5.41) is 3.22. The van der Waals surface area contributed by atoms with Gasteiger partial charge < -0.3 is 15.0 Å². The molecule has 2 rings (SSSR count). The van der Waals surface area contributed by atoms with Crippen LogP contribution in [0.15, 0.2) is 6.33 Å². The van der Waals surface area contributed by atoms with Gasteiger partial charge in [-0.05, 0) is 33.1 Å². The smallest absolute Gasteiger partial charge is 0.204 e. The van der Waals surface area contributed by atoms with E-state index < -0.39 is 0 Å². The lowest BCUT2D eigenvalue weighted by Crippen LogP contribution is -2.38. The molecule has 0 saturated carbocycles. The Labute approximate surface area is 109 Å². The minimum Gasteiger partial charge on any atom is -0.490 e. The predicted octanol–water partition coefficient (Wildman–Crippen LogP) is 2.30. The Hall–Kier alpha value is -1.52. The summed E-state index contributed by atoms with van der Waals surface area (Å²) >= 11 is 0. The van der Waals surface area contributed by atoms with Crippen LogP contribution in [0, 0.1) is 0 Å². The molecule has 0 aliphatic carbocycles. The van der Waals surface area contributed by atoms with Gasteiger partial charge in [0.25, 0.3) is 0 Å². The van der Waals surface area contributed by atoms with Crippen molar-refractivity contribution < 1.29 is 4.74 Å². The second-order valence-corrected chi connectivity index (χ2v) is 4.65. The molecule has 0 amide bonds. The second kappa shape index (κ2) is 5.89. The lowest BCUT2D eigenvalue weighted by molar-refractivity contribution is 0.404. The van der Waals surface area contributed by atoms with E-state index in [9.17, 15) is 0 Å². The Balaban J connectivity index is 2.33. The van der Waals surface area contributed by atoms with Crippen LogP contribution < -0.4 is 15.0 Å². The SMILES string of the molecule is CCNc1ncnc(N2CCCCC2C)c1OC. The van der Waals surface area contributed by atoms with E-state index in [1.54, 1.807) is 13.4 Å².